The molecule has 0 aliphatic carbocycles. The van der Waals surface area contributed by atoms with Crippen LogP contribution in [0.5, 0.6) is 11.5 Å². The monoisotopic (exact) mass is 464 g/mol. The zero-order valence-electron chi connectivity index (χ0n) is 16.3. The van der Waals surface area contributed by atoms with E-state index >= 15 is 0 Å². The summed E-state index contributed by atoms with van der Waals surface area (Å²) in [5.74, 6) is 1.63. The van der Waals surface area contributed by atoms with Crippen molar-refractivity contribution in [1.82, 2.24) is 5.32 Å². The van der Waals surface area contributed by atoms with Crippen LogP contribution < -0.4 is 20.1 Å². The minimum absolute atomic E-state index is 0.225. The molecule has 0 aliphatic heterocycles. The second-order valence-electron chi connectivity index (χ2n) is 6.63. The van der Waals surface area contributed by atoms with Crippen LogP contribution >= 0.6 is 28.1 Å². The third-order valence-electron chi connectivity index (χ3n) is 3.58. The standard InChI is InChI=1S/C21H25BrN2O3S/c1-4-11-26-17-8-6-16(7-9-17)23-21(28)24-20(25)15-5-10-19(18(22)12-15)27-13-14(2)3/h5-10,12,14H,4,11,13H2,1-3H3,(H2,23,24,25,28). The smallest absolute Gasteiger partial charge is 0.257 e. The molecule has 0 saturated heterocycles. The molecule has 7 heteroatoms. The van der Waals surface area contributed by atoms with Gasteiger partial charge in [-0.1, -0.05) is 20.8 Å². The lowest BCUT2D eigenvalue weighted by atomic mass is 10.2. The predicted octanol–water partition coefficient (Wildman–Crippen LogP) is 5.40. The molecule has 0 heterocycles. The molecule has 0 aliphatic rings. The van der Waals surface area contributed by atoms with E-state index in [0.717, 1.165) is 22.3 Å². The molecule has 2 rings (SSSR count). The van der Waals surface area contributed by atoms with Crippen LogP contribution in [-0.2, 0) is 0 Å². The minimum Gasteiger partial charge on any atom is -0.494 e. The molecule has 0 radical (unpaired) electrons. The summed E-state index contributed by atoms with van der Waals surface area (Å²) in [6.07, 6.45) is 0.955. The summed E-state index contributed by atoms with van der Waals surface area (Å²) >= 11 is 8.68. The molecule has 0 atom stereocenters. The van der Waals surface area contributed by atoms with Gasteiger partial charge in [-0.25, -0.2) is 0 Å². The number of rotatable bonds is 8. The predicted molar refractivity (Wildman–Crippen MR) is 120 cm³/mol. The van der Waals surface area contributed by atoms with E-state index in [-0.39, 0.29) is 11.0 Å². The van der Waals surface area contributed by atoms with E-state index < -0.39 is 0 Å². The van der Waals surface area contributed by atoms with Crippen LogP contribution in [0.4, 0.5) is 5.69 Å². The quantitative estimate of drug-likeness (QED) is 0.512. The lowest BCUT2D eigenvalue weighted by molar-refractivity contribution is 0.0977. The zero-order chi connectivity index (χ0) is 20.5. The van der Waals surface area contributed by atoms with Gasteiger partial charge >= 0.3 is 0 Å². The number of ether oxygens (including phenoxy) is 2. The van der Waals surface area contributed by atoms with Gasteiger partial charge in [0.15, 0.2) is 5.11 Å². The van der Waals surface area contributed by atoms with Gasteiger partial charge in [-0.2, -0.15) is 0 Å². The van der Waals surface area contributed by atoms with E-state index in [1.54, 1.807) is 18.2 Å². The van der Waals surface area contributed by atoms with Crippen molar-refractivity contribution in [2.24, 2.45) is 5.92 Å². The number of benzene rings is 2. The van der Waals surface area contributed by atoms with Crippen molar-refractivity contribution in [2.75, 3.05) is 18.5 Å². The molecular weight excluding hydrogens is 440 g/mol. The third-order valence-corrected chi connectivity index (χ3v) is 4.40. The topological polar surface area (TPSA) is 59.6 Å². The van der Waals surface area contributed by atoms with Crippen LogP contribution in [0.2, 0.25) is 0 Å². The molecule has 2 aromatic carbocycles. The van der Waals surface area contributed by atoms with Crippen molar-refractivity contribution in [2.45, 2.75) is 27.2 Å². The summed E-state index contributed by atoms with van der Waals surface area (Å²) in [6.45, 7) is 7.51. The van der Waals surface area contributed by atoms with E-state index in [1.807, 2.05) is 24.3 Å². The Balaban J connectivity index is 1.91. The summed E-state index contributed by atoms with van der Waals surface area (Å²) < 4.78 is 12.0. The minimum atomic E-state index is -0.295. The number of anilines is 1. The maximum atomic E-state index is 12.4. The van der Waals surface area contributed by atoms with Crippen molar-refractivity contribution in [3.8, 4) is 11.5 Å². The Bertz CT molecular complexity index is 810. The van der Waals surface area contributed by atoms with Crippen molar-refractivity contribution in [1.29, 1.82) is 0 Å². The normalized spacial score (nSPS) is 10.5. The highest BCUT2D eigenvalue weighted by Crippen LogP contribution is 2.26. The first kappa shape index (κ1) is 22.2. The van der Waals surface area contributed by atoms with Gasteiger partial charge in [0.05, 0.1) is 17.7 Å². The molecule has 0 saturated carbocycles. The Morgan fingerprint density at radius 2 is 1.86 bits per heavy atom. The Hall–Kier alpha value is -2.12. The Morgan fingerprint density at radius 3 is 2.46 bits per heavy atom. The molecule has 1 amide bonds. The van der Waals surface area contributed by atoms with Crippen molar-refractivity contribution >= 4 is 44.9 Å². The molecule has 5 nitrogen and oxygen atoms in total. The van der Waals surface area contributed by atoms with E-state index in [0.29, 0.717) is 30.4 Å². The highest BCUT2D eigenvalue weighted by molar-refractivity contribution is 9.10. The van der Waals surface area contributed by atoms with Crippen molar-refractivity contribution in [3.63, 3.8) is 0 Å². The lowest BCUT2D eigenvalue weighted by Gasteiger charge is -2.13. The third kappa shape index (κ3) is 7.13. The number of nitrogens with one attached hydrogen (secondary N) is 2. The van der Waals surface area contributed by atoms with Gasteiger partial charge in [0, 0.05) is 11.3 Å². The molecule has 2 N–H and O–H groups in total. The molecule has 0 aromatic heterocycles. The van der Waals surface area contributed by atoms with Gasteiger partial charge in [-0.3, -0.25) is 10.1 Å². The summed E-state index contributed by atoms with van der Waals surface area (Å²) in [5, 5.41) is 5.90. The largest absolute Gasteiger partial charge is 0.494 e. The Labute approximate surface area is 179 Å². The van der Waals surface area contributed by atoms with Gasteiger partial charge in [0.25, 0.3) is 5.91 Å². The summed E-state index contributed by atoms with van der Waals surface area (Å²) in [6, 6.07) is 12.6. The van der Waals surface area contributed by atoms with Gasteiger partial charge < -0.3 is 14.8 Å². The average Bonchev–Trinajstić information content (AvgIpc) is 2.66. The molecule has 0 unspecified atom stereocenters. The molecule has 0 fully saturated rings. The number of amides is 1. The van der Waals surface area contributed by atoms with E-state index in [2.05, 4.69) is 47.3 Å². The molecule has 0 spiro atoms. The van der Waals surface area contributed by atoms with E-state index in [9.17, 15) is 4.79 Å². The Morgan fingerprint density at radius 1 is 1.14 bits per heavy atom. The number of carbonyl (C=O) groups excluding carboxylic acids is 1. The lowest BCUT2D eigenvalue weighted by Crippen LogP contribution is -2.34. The van der Waals surface area contributed by atoms with Crippen LogP contribution in [0.3, 0.4) is 0 Å². The number of hydrogen-bond donors (Lipinski definition) is 2. The van der Waals surface area contributed by atoms with E-state index in [4.69, 9.17) is 21.7 Å². The average molecular weight is 465 g/mol. The number of hydrogen-bond acceptors (Lipinski definition) is 4. The fourth-order valence-electron chi connectivity index (χ4n) is 2.21. The summed E-state index contributed by atoms with van der Waals surface area (Å²) in [4.78, 5) is 12.4. The molecular formula is C21H25BrN2O3S. The van der Waals surface area contributed by atoms with Crippen molar-refractivity contribution < 1.29 is 14.3 Å². The Kier molecular flexibility index (Phi) is 8.73. The maximum Gasteiger partial charge on any atom is 0.257 e. The van der Waals surface area contributed by atoms with Crippen LogP contribution in [0, 0.1) is 5.92 Å². The SMILES string of the molecule is CCCOc1ccc(NC(=S)NC(=O)c2ccc(OCC(C)C)c(Br)c2)cc1. The highest BCUT2D eigenvalue weighted by Gasteiger charge is 2.11. The molecule has 150 valence electrons. The number of halogens is 1. The number of carbonyl (C=O) groups is 1. The first-order valence-corrected chi connectivity index (χ1v) is 10.4. The highest BCUT2D eigenvalue weighted by atomic mass is 79.9. The summed E-state index contributed by atoms with van der Waals surface area (Å²) in [7, 11) is 0. The summed E-state index contributed by atoms with van der Waals surface area (Å²) in [5.41, 5.74) is 1.25. The molecule has 2 aromatic rings. The van der Waals surface area contributed by atoms with Crippen LogP contribution in [0.25, 0.3) is 0 Å². The fourth-order valence-corrected chi connectivity index (χ4v) is 2.91. The maximum absolute atomic E-state index is 12.4. The van der Waals surface area contributed by atoms with Crippen LogP contribution in [0.15, 0.2) is 46.9 Å². The van der Waals surface area contributed by atoms with Gasteiger partial charge in [-0.15, -0.1) is 0 Å². The second-order valence-corrected chi connectivity index (χ2v) is 7.89. The second kappa shape index (κ2) is 11.0. The zero-order valence-corrected chi connectivity index (χ0v) is 18.7. The number of thiocarbonyl (C=S) groups is 1. The first-order chi connectivity index (χ1) is 13.4. The fraction of sp³-hybridized carbons (Fsp3) is 0.333. The molecule has 0 bridgehead atoms. The van der Waals surface area contributed by atoms with Crippen LogP contribution in [-0.4, -0.2) is 24.2 Å². The van der Waals surface area contributed by atoms with Crippen LogP contribution in [0.1, 0.15) is 37.6 Å². The van der Waals surface area contributed by atoms with E-state index in [1.165, 1.54) is 0 Å². The van der Waals surface area contributed by atoms with Gasteiger partial charge in [0.2, 0.25) is 0 Å². The van der Waals surface area contributed by atoms with Gasteiger partial charge in [0.1, 0.15) is 11.5 Å². The van der Waals surface area contributed by atoms with Gasteiger partial charge in [-0.05, 0) is 83.0 Å². The first-order valence-electron chi connectivity index (χ1n) is 9.16. The molecule has 28 heavy (non-hydrogen) atoms. The van der Waals surface area contributed by atoms with Crippen molar-refractivity contribution in [3.05, 3.63) is 52.5 Å².